The molecule has 0 saturated carbocycles. The van der Waals surface area contributed by atoms with Crippen LogP contribution in [0.25, 0.3) is 0 Å². The molecular weight excluding hydrogens is 679 g/mol. The molecule has 8 nitrogen and oxygen atoms in total. The summed E-state index contributed by atoms with van der Waals surface area (Å²) in [5.41, 5.74) is 0. The quantitative estimate of drug-likeness (QED) is 0.0375. The number of hydrogen-bond donors (Lipinski definition) is 1. The van der Waals surface area contributed by atoms with Gasteiger partial charge in [-0.25, -0.2) is 4.79 Å². The Morgan fingerprint density at radius 3 is 1.15 bits per heavy atom. The van der Waals surface area contributed by atoms with Crippen LogP contribution in [-0.4, -0.2) is 80.6 Å². The minimum atomic E-state index is -0.871. The van der Waals surface area contributed by atoms with E-state index in [4.69, 9.17) is 14.2 Å². The lowest BCUT2D eigenvalue weighted by Crippen LogP contribution is -2.50. The number of likely N-dealkylation sites (N-methyl/N-ethyl adjacent to an activating group) is 1. The fourth-order valence-corrected chi connectivity index (χ4v) is 7.15. The van der Waals surface area contributed by atoms with E-state index in [9.17, 15) is 19.5 Å². The van der Waals surface area contributed by atoms with Gasteiger partial charge >= 0.3 is 17.9 Å². The zero-order valence-electron chi connectivity index (χ0n) is 36.5. The topological polar surface area (TPSA) is 99.1 Å². The van der Waals surface area contributed by atoms with Gasteiger partial charge in [-0.1, -0.05) is 194 Å². The number of carboxylic acid groups (broad SMARTS) is 1. The molecule has 1 N–H and O–H groups in total. The predicted molar refractivity (Wildman–Crippen MR) is 225 cm³/mol. The number of carboxylic acids is 1. The average molecular weight is 769 g/mol. The van der Waals surface area contributed by atoms with Gasteiger partial charge in [0.25, 0.3) is 0 Å². The third-order valence-corrected chi connectivity index (χ3v) is 10.8. The fraction of sp³-hybridized carbons (Fsp3) is 0.935. The number of esters is 2. The number of quaternary nitrogens is 1. The van der Waals surface area contributed by atoms with Gasteiger partial charge in [-0.2, -0.15) is 0 Å². The van der Waals surface area contributed by atoms with Crippen LogP contribution in [0.3, 0.4) is 0 Å². The van der Waals surface area contributed by atoms with Crippen molar-refractivity contribution < 1.29 is 38.2 Å². The first-order valence-corrected chi connectivity index (χ1v) is 23.1. The third-order valence-electron chi connectivity index (χ3n) is 10.8. The van der Waals surface area contributed by atoms with Crippen LogP contribution >= 0.6 is 0 Å². The first-order chi connectivity index (χ1) is 26.1. The average Bonchev–Trinajstić information content (AvgIpc) is 3.12. The molecule has 0 spiro atoms. The van der Waals surface area contributed by atoms with E-state index in [1.54, 1.807) is 0 Å². The number of unbranched alkanes of at least 4 members (excludes halogenated alkanes) is 28. The van der Waals surface area contributed by atoms with Gasteiger partial charge in [-0.05, 0) is 12.8 Å². The van der Waals surface area contributed by atoms with Gasteiger partial charge in [0.05, 0.1) is 34.4 Å². The zero-order chi connectivity index (χ0) is 40.0. The van der Waals surface area contributed by atoms with E-state index in [1.807, 2.05) is 21.1 Å². The van der Waals surface area contributed by atoms with E-state index in [0.717, 1.165) is 38.5 Å². The van der Waals surface area contributed by atoms with Gasteiger partial charge < -0.3 is 23.8 Å². The molecule has 0 aliphatic carbocycles. The summed E-state index contributed by atoms with van der Waals surface area (Å²) in [6, 6.07) is -0.607. The Bertz CT molecular complexity index is 858. The first-order valence-electron chi connectivity index (χ1n) is 23.1. The van der Waals surface area contributed by atoms with E-state index in [-0.39, 0.29) is 36.2 Å². The summed E-state index contributed by atoms with van der Waals surface area (Å²) in [5.74, 6) is -1.45. The van der Waals surface area contributed by atoms with Crippen molar-refractivity contribution >= 4 is 17.9 Å². The summed E-state index contributed by atoms with van der Waals surface area (Å²) < 4.78 is 17.3. The fourth-order valence-electron chi connectivity index (χ4n) is 7.15. The Morgan fingerprint density at radius 2 is 0.815 bits per heavy atom. The molecule has 320 valence electrons. The van der Waals surface area contributed by atoms with E-state index < -0.39 is 18.1 Å². The third kappa shape index (κ3) is 36.0. The molecule has 2 atom stereocenters. The molecule has 0 aromatic heterocycles. The van der Waals surface area contributed by atoms with Crippen molar-refractivity contribution in [1.82, 2.24) is 0 Å². The van der Waals surface area contributed by atoms with Crippen molar-refractivity contribution in [3.63, 3.8) is 0 Å². The highest BCUT2D eigenvalue weighted by Gasteiger charge is 2.31. The van der Waals surface area contributed by atoms with Crippen LogP contribution in [0.2, 0.25) is 0 Å². The van der Waals surface area contributed by atoms with E-state index >= 15 is 0 Å². The highest BCUT2D eigenvalue weighted by Crippen LogP contribution is 2.16. The molecule has 0 saturated heterocycles. The molecule has 0 radical (unpaired) electrons. The molecule has 0 heterocycles. The van der Waals surface area contributed by atoms with E-state index in [2.05, 4.69) is 13.8 Å². The van der Waals surface area contributed by atoms with Crippen LogP contribution in [0.15, 0.2) is 0 Å². The van der Waals surface area contributed by atoms with Gasteiger partial charge in [0, 0.05) is 19.3 Å². The number of ether oxygens (including phenoxy) is 3. The molecule has 2 unspecified atom stereocenters. The van der Waals surface area contributed by atoms with Crippen LogP contribution in [0, 0.1) is 0 Å². The number of aliphatic carboxylic acids is 1. The lowest BCUT2D eigenvalue weighted by Gasteiger charge is -2.31. The molecular formula is C46H90NO7+. The van der Waals surface area contributed by atoms with Crippen molar-refractivity contribution in [3.8, 4) is 0 Å². The van der Waals surface area contributed by atoms with Crippen molar-refractivity contribution in [1.29, 1.82) is 0 Å². The van der Waals surface area contributed by atoms with Crippen molar-refractivity contribution in [2.45, 2.75) is 238 Å². The van der Waals surface area contributed by atoms with Crippen molar-refractivity contribution in [2.24, 2.45) is 0 Å². The van der Waals surface area contributed by atoms with Crippen molar-refractivity contribution in [2.75, 3.05) is 41.0 Å². The van der Waals surface area contributed by atoms with Crippen LogP contribution in [-0.2, 0) is 28.6 Å². The molecule has 0 aliphatic heterocycles. The smallest absolute Gasteiger partial charge is 0.362 e. The molecule has 8 heteroatoms. The van der Waals surface area contributed by atoms with E-state index in [1.165, 1.54) is 154 Å². The Balaban J connectivity index is 4.16. The highest BCUT2D eigenvalue weighted by molar-refractivity contribution is 5.72. The molecule has 0 aromatic rings. The SMILES string of the molecule is CCCCCCCCCCCCCCCCCCCCCCCC(=O)OC(COCCC(C(=O)O)[N+](C)(C)C)COC(=O)CCCCCCCCCCC. The maximum Gasteiger partial charge on any atom is 0.362 e. The van der Waals surface area contributed by atoms with Gasteiger partial charge in [0.15, 0.2) is 12.1 Å². The summed E-state index contributed by atoms with van der Waals surface area (Å²) in [7, 11) is 5.54. The molecule has 0 aromatic carbocycles. The summed E-state index contributed by atoms with van der Waals surface area (Å²) in [5, 5.41) is 9.61. The normalized spacial score (nSPS) is 12.8. The lowest BCUT2D eigenvalue weighted by atomic mass is 10.0. The van der Waals surface area contributed by atoms with Crippen molar-refractivity contribution in [3.05, 3.63) is 0 Å². The van der Waals surface area contributed by atoms with E-state index in [0.29, 0.717) is 19.3 Å². The summed E-state index contributed by atoms with van der Waals surface area (Å²) in [6.45, 7) is 4.75. The zero-order valence-corrected chi connectivity index (χ0v) is 36.5. The van der Waals surface area contributed by atoms with Crippen LogP contribution in [0.4, 0.5) is 0 Å². The van der Waals surface area contributed by atoms with Gasteiger partial charge in [0.2, 0.25) is 0 Å². The number of rotatable bonds is 42. The van der Waals surface area contributed by atoms with Gasteiger partial charge in [0.1, 0.15) is 6.61 Å². The number of carbonyl (C=O) groups is 3. The second-order valence-corrected chi connectivity index (χ2v) is 17.0. The summed E-state index contributed by atoms with van der Waals surface area (Å²) in [6.07, 6.45) is 38.7. The minimum Gasteiger partial charge on any atom is -0.477 e. The second kappa shape index (κ2) is 38.2. The Morgan fingerprint density at radius 1 is 0.481 bits per heavy atom. The Kier molecular flexibility index (Phi) is 37.0. The number of nitrogens with zero attached hydrogens (tertiary/aromatic N) is 1. The van der Waals surface area contributed by atoms with Crippen LogP contribution in [0.5, 0.6) is 0 Å². The maximum atomic E-state index is 12.7. The predicted octanol–water partition coefficient (Wildman–Crippen LogP) is 12.5. The molecule has 0 rings (SSSR count). The number of carbonyl (C=O) groups excluding carboxylic acids is 2. The summed E-state index contributed by atoms with van der Waals surface area (Å²) in [4.78, 5) is 36.9. The standard InChI is InChI=1S/C46H89NO7/c1-6-8-10-12-14-16-17-18-19-20-21-22-23-24-25-26-27-29-31-33-35-37-45(49)54-42(40-52-39-38-43(46(50)51)47(3,4)5)41-53-44(48)36-34-32-30-28-15-13-11-9-7-2/h42-43H,6-41H2,1-5H3/p+1. The Labute approximate surface area is 334 Å². The largest absolute Gasteiger partial charge is 0.477 e. The summed E-state index contributed by atoms with van der Waals surface area (Å²) >= 11 is 0. The van der Waals surface area contributed by atoms with Gasteiger partial charge in [-0.3, -0.25) is 9.59 Å². The lowest BCUT2D eigenvalue weighted by molar-refractivity contribution is -0.887. The van der Waals surface area contributed by atoms with Crippen LogP contribution < -0.4 is 0 Å². The van der Waals surface area contributed by atoms with Crippen LogP contribution in [0.1, 0.15) is 226 Å². The minimum absolute atomic E-state index is 0.0427. The van der Waals surface area contributed by atoms with Gasteiger partial charge in [-0.15, -0.1) is 0 Å². The molecule has 0 bridgehead atoms. The molecule has 54 heavy (non-hydrogen) atoms. The second-order valence-electron chi connectivity index (χ2n) is 17.0. The monoisotopic (exact) mass is 769 g/mol. The molecule has 0 fully saturated rings. The number of hydrogen-bond acceptors (Lipinski definition) is 6. The molecule has 0 amide bonds. The first kappa shape index (κ1) is 52.3. The molecule has 0 aliphatic rings. The maximum absolute atomic E-state index is 12.7. The Hall–Kier alpha value is -1.67. The highest BCUT2D eigenvalue weighted by atomic mass is 16.6.